The molecule has 0 saturated carbocycles. The average molecular weight is 312 g/mol. The summed E-state index contributed by atoms with van der Waals surface area (Å²) < 4.78 is 6.93. The number of carbonyl (C=O) groups is 1. The van der Waals surface area contributed by atoms with Crippen molar-refractivity contribution in [2.45, 2.75) is 0 Å². The number of fused-ring (bicyclic) bond motifs is 1. The van der Waals surface area contributed by atoms with E-state index >= 15 is 0 Å². The number of nitrogens with zero attached hydrogens (tertiary/aromatic N) is 2. The fourth-order valence-corrected chi connectivity index (χ4v) is 1.83. The van der Waals surface area contributed by atoms with Gasteiger partial charge in [-0.1, -0.05) is 22.0 Å². The Morgan fingerprint density at radius 1 is 1.44 bits per heavy atom. The molecule has 1 N–H and O–H groups in total. The molecule has 1 amide bonds. The van der Waals surface area contributed by atoms with Crippen molar-refractivity contribution >= 4 is 27.4 Å². The molecule has 0 radical (unpaired) electrons. The Morgan fingerprint density at radius 3 is 3.17 bits per heavy atom. The highest BCUT2D eigenvalue weighted by atomic mass is 79.9. The quantitative estimate of drug-likeness (QED) is 0.649. The zero-order valence-corrected chi connectivity index (χ0v) is 11.4. The molecule has 0 aliphatic heterocycles. The highest BCUT2D eigenvalue weighted by Gasteiger charge is 2.11. The first-order valence-electron chi connectivity index (χ1n) is 5.67. The van der Waals surface area contributed by atoms with Crippen LogP contribution in [-0.4, -0.2) is 40.6 Å². The zero-order valence-electron chi connectivity index (χ0n) is 9.80. The van der Waals surface area contributed by atoms with E-state index in [0.29, 0.717) is 25.3 Å². The first-order valence-corrected chi connectivity index (χ1v) is 6.79. The summed E-state index contributed by atoms with van der Waals surface area (Å²) in [6.45, 7) is 1.65. The molecule has 0 aliphatic carbocycles. The van der Waals surface area contributed by atoms with Gasteiger partial charge in [-0.3, -0.25) is 4.79 Å². The zero-order chi connectivity index (χ0) is 12.8. The number of rotatable bonds is 6. The van der Waals surface area contributed by atoms with Crippen LogP contribution in [0.3, 0.4) is 0 Å². The van der Waals surface area contributed by atoms with Crippen molar-refractivity contribution in [3.63, 3.8) is 0 Å². The van der Waals surface area contributed by atoms with Crippen LogP contribution in [0.1, 0.15) is 10.4 Å². The van der Waals surface area contributed by atoms with Crippen molar-refractivity contribution in [2.24, 2.45) is 0 Å². The van der Waals surface area contributed by atoms with Crippen molar-refractivity contribution in [1.82, 2.24) is 14.9 Å². The van der Waals surface area contributed by atoms with Gasteiger partial charge in [0.15, 0.2) is 0 Å². The standard InChI is InChI=1S/C12H14BrN3O2/c13-4-7-18-8-5-14-12(17)10-9-15-16-6-2-1-3-11(10)16/h1-3,6,9H,4-5,7-8H2,(H,14,17). The molecule has 0 atom stereocenters. The number of hydrogen-bond acceptors (Lipinski definition) is 3. The van der Waals surface area contributed by atoms with E-state index in [4.69, 9.17) is 4.74 Å². The second-order valence-electron chi connectivity index (χ2n) is 3.65. The third-order valence-electron chi connectivity index (χ3n) is 2.42. The molecule has 96 valence electrons. The Morgan fingerprint density at radius 2 is 2.33 bits per heavy atom. The number of aromatic nitrogens is 2. The maximum Gasteiger partial charge on any atom is 0.255 e. The van der Waals surface area contributed by atoms with Crippen LogP contribution in [-0.2, 0) is 4.74 Å². The highest BCUT2D eigenvalue weighted by molar-refractivity contribution is 9.09. The molecule has 0 spiro atoms. The van der Waals surface area contributed by atoms with Gasteiger partial charge in [0.1, 0.15) is 0 Å². The Hall–Kier alpha value is -1.40. The predicted molar refractivity (Wildman–Crippen MR) is 72.1 cm³/mol. The van der Waals surface area contributed by atoms with E-state index in [-0.39, 0.29) is 5.91 Å². The van der Waals surface area contributed by atoms with Crippen molar-refractivity contribution in [1.29, 1.82) is 0 Å². The van der Waals surface area contributed by atoms with Gasteiger partial charge >= 0.3 is 0 Å². The maximum atomic E-state index is 11.9. The van der Waals surface area contributed by atoms with Crippen molar-refractivity contribution < 1.29 is 9.53 Å². The van der Waals surface area contributed by atoms with Crippen LogP contribution in [0, 0.1) is 0 Å². The van der Waals surface area contributed by atoms with Gasteiger partial charge in [0.25, 0.3) is 5.91 Å². The molecule has 2 heterocycles. The molecule has 0 saturated heterocycles. The lowest BCUT2D eigenvalue weighted by Crippen LogP contribution is -2.27. The molecule has 6 heteroatoms. The fourth-order valence-electron chi connectivity index (χ4n) is 1.60. The van der Waals surface area contributed by atoms with E-state index in [2.05, 4.69) is 26.3 Å². The molecule has 0 aromatic carbocycles. The van der Waals surface area contributed by atoms with Crippen LogP contribution in [0.15, 0.2) is 30.6 Å². The summed E-state index contributed by atoms with van der Waals surface area (Å²) in [4.78, 5) is 11.9. The first-order chi connectivity index (χ1) is 8.83. The predicted octanol–water partition coefficient (Wildman–Crippen LogP) is 1.48. The van der Waals surface area contributed by atoms with Crippen LogP contribution < -0.4 is 5.32 Å². The van der Waals surface area contributed by atoms with E-state index in [1.54, 1.807) is 10.7 Å². The minimum atomic E-state index is -0.126. The minimum absolute atomic E-state index is 0.126. The average Bonchev–Trinajstić information content (AvgIpc) is 2.82. The van der Waals surface area contributed by atoms with E-state index in [1.165, 1.54) is 0 Å². The number of alkyl halides is 1. The number of pyridine rings is 1. The Labute approximate surface area is 113 Å². The summed E-state index contributed by atoms with van der Waals surface area (Å²) in [7, 11) is 0. The molecule has 2 rings (SSSR count). The number of nitrogens with one attached hydrogen (secondary N) is 1. The summed E-state index contributed by atoms with van der Waals surface area (Å²) >= 11 is 3.27. The van der Waals surface area contributed by atoms with Crippen LogP contribution in [0.4, 0.5) is 0 Å². The molecule has 2 aromatic heterocycles. The van der Waals surface area contributed by atoms with Crippen LogP contribution in [0.5, 0.6) is 0 Å². The molecular weight excluding hydrogens is 298 g/mol. The molecule has 0 aliphatic rings. The highest BCUT2D eigenvalue weighted by Crippen LogP contribution is 2.09. The Bertz CT molecular complexity index is 527. The molecule has 5 nitrogen and oxygen atoms in total. The molecule has 0 unspecified atom stereocenters. The van der Waals surface area contributed by atoms with E-state index < -0.39 is 0 Å². The van der Waals surface area contributed by atoms with Gasteiger partial charge in [-0.05, 0) is 12.1 Å². The molecular formula is C12H14BrN3O2. The van der Waals surface area contributed by atoms with Gasteiger partial charge in [0, 0.05) is 18.1 Å². The second-order valence-corrected chi connectivity index (χ2v) is 4.44. The van der Waals surface area contributed by atoms with Gasteiger partial charge in [-0.25, -0.2) is 4.52 Å². The van der Waals surface area contributed by atoms with E-state index in [1.807, 2.05) is 24.4 Å². The summed E-state index contributed by atoms with van der Waals surface area (Å²) in [6.07, 6.45) is 3.38. The minimum Gasteiger partial charge on any atom is -0.379 e. The molecule has 18 heavy (non-hydrogen) atoms. The molecule has 0 bridgehead atoms. The maximum absolute atomic E-state index is 11.9. The summed E-state index contributed by atoms with van der Waals surface area (Å²) in [5.74, 6) is -0.126. The third-order valence-corrected chi connectivity index (χ3v) is 2.75. The number of hydrogen-bond donors (Lipinski definition) is 1. The third kappa shape index (κ3) is 3.08. The van der Waals surface area contributed by atoms with Crippen molar-refractivity contribution in [3.8, 4) is 0 Å². The lowest BCUT2D eigenvalue weighted by atomic mass is 10.2. The summed E-state index contributed by atoms with van der Waals surface area (Å²) in [5.41, 5.74) is 1.38. The lowest BCUT2D eigenvalue weighted by molar-refractivity contribution is 0.0925. The van der Waals surface area contributed by atoms with Gasteiger partial charge in [-0.2, -0.15) is 5.10 Å². The molecule has 0 fully saturated rings. The van der Waals surface area contributed by atoms with Crippen molar-refractivity contribution in [3.05, 3.63) is 36.2 Å². The topological polar surface area (TPSA) is 55.6 Å². The Kier molecular flexibility index (Phi) is 4.72. The van der Waals surface area contributed by atoms with E-state index in [0.717, 1.165) is 10.8 Å². The summed E-state index contributed by atoms with van der Waals surface area (Å²) in [6, 6.07) is 5.62. The first kappa shape index (κ1) is 13.0. The smallest absolute Gasteiger partial charge is 0.255 e. The number of halogens is 1. The summed E-state index contributed by atoms with van der Waals surface area (Å²) in [5, 5.41) is 7.72. The van der Waals surface area contributed by atoms with Gasteiger partial charge in [0.05, 0.1) is 30.5 Å². The lowest BCUT2D eigenvalue weighted by Gasteiger charge is -2.04. The largest absolute Gasteiger partial charge is 0.379 e. The number of amides is 1. The Balaban J connectivity index is 1.93. The second kappa shape index (κ2) is 6.51. The number of ether oxygens (including phenoxy) is 1. The monoisotopic (exact) mass is 311 g/mol. The fraction of sp³-hybridized carbons (Fsp3) is 0.333. The SMILES string of the molecule is O=C(NCCOCCBr)c1cnn2ccccc12. The van der Waals surface area contributed by atoms with E-state index in [9.17, 15) is 4.79 Å². The number of carbonyl (C=O) groups excluding carboxylic acids is 1. The van der Waals surface area contributed by atoms with Gasteiger partial charge < -0.3 is 10.1 Å². The van der Waals surface area contributed by atoms with Crippen LogP contribution >= 0.6 is 15.9 Å². The van der Waals surface area contributed by atoms with Crippen LogP contribution in [0.2, 0.25) is 0 Å². The molecule has 2 aromatic rings. The van der Waals surface area contributed by atoms with Gasteiger partial charge in [-0.15, -0.1) is 0 Å². The van der Waals surface area contributed by atoms with Crippen molar-refractivity contribution in [2.75, 3.05) is 25.1 Å². The van der Waals surface area contributed by atoms with Crippen LogP contribution in [0.25, 0.3) is 5.52 Å². The normalized spacial score (nSPS) is 10.7. The van der Waals surface area contributed by atoms with Gasteiger partial charge in [0.2, 0.25) is 0 Å².